The van der Waals surface area contributed by atoms with Gasteiger partial charge in [-0.05, 0) is 55.0 Å². The number of rotatable bonds is 4. The lowest BCUT2D eigenvalue weighted by atomic mass is 9.90. The van der Waals surface area contributed by atoms with Crippen molar-refractivity contribution in [1.82, 2.24) is 0 Å². The molecule has 1 aliphatic carbocycles. The summed E-state index contributed by atoms with van der Waals surface area (Å²) in [6.45, 7) is 0.396. The van der Waals surface area contributed by atoms with Gasteiger partial charge in [-0.25, -0.2) is 0 Å². The second-order valence-electron chi connectivity index (χ2n) is 7.25. The molecule has 0 aromatic heterocycles. The zero-order valence-electron chi connectivity index (χ0n) is 15.5. The number of aryl methyl sites for hydroxylation is 1. The molecule has 2 aromatic rings. The van der Waals surface area contributed by atoms with Crippen LogP contribution in [0.5, 0.6) is 5.75 Å². The molecule has 2 amide bonds. The number of ether oxygens (including phenoxy) is 1. The van der Waals surface area contributed by atoms with Crippen LogP contribution in [-0.4, -0.2) is 25.5 Å². The minimum atomic E-state index is -0.344. The first-order valence-electron chi connectivity index (χ1n) is 9.52. The minimum Gasteiger partial charge on any atom is -0.497 e. The summed E-state index contributed by atoms with van der Waals surface area (Å²) in [6.07, 6.45) is 4.68. The first kappa shape index (κ1) is 17.6. The third-order valence-corrected chi connectivity index (χ3v) is 5.51. The molecule has 0 spiro atoms. The van der Waals surface area contributed by atoms with Crippen LogP contribution in [0.1, 0.15) is 30.4 Å². The third kappa shape index (κ3) is 3.54. The van der Waals surface area contributed by atoms with E-state index in [0.717, 1.165) is 30.6 Å². The Morgan fingerprint density at radius 2 is 1.96 bits per heavy atom. The molecule has 0 radical (unpaired) electrons. The van der Waals surface area contributed by atoms with Gasteiger partial charge in [0.2, 0.25) is 11.8 Å². The van der Waals surface area contributed by atoms with E-state index in [1.54, 1.807) is 12.0 Å². The number of carbonyl (C=O) groups is 2. The Hall–Kier alpha value is -2.82. The first-order chi connectivity index (χ1) is 13.2. The molecular formula is C22H24N2O3. The second-order valence-corrected chi connectivity index (χ2v) is 7.25. The Bertz CT molecular complexity index is 878. The molecule has 2 aromatic carbocycles. The number of nitrogens with zero attached hydrogens (tertiary/aromatic N) is 1. The van der Waals surface area contributed by atoms with Gasteiger partial charge in [0.1, 0.15) is 5.75 Å². The summed E-state index contributed by atoms with van der Waals surface area (Å²) in [5.41, 5.74) is 4.27. The van der Waals surface area contributed by atoms with E-state index in [1.165, 1.54) is 17.5 Å². The molecule has 140 valence electrons. The van der Waals surface area contributed by atoms with E-state index in [4.69, 9.17) is 4.74 Å². The summed E-state index contributed by atoms with van der Waals surface area (Å²) in [4.78, 5) is 27.0. The van der Waals surface area contributed by atoms with Gasteiger partial charge in [0, 0.05) is 30.4 Å². The van der Waals surface area contributed by atoms with Gasteiger partial charge in [0.05, 0.1) is 13.0 Å². The Labute approximate surface area is 159 Å². The number of nitrogens with one attached hydrogen (secondary N) is 1. The Kier molecular flexibility index (Phi) is 4.84. The molecule has 0 saturated carbocycles. The van der Waals surface area contributed by atoms with Crippen LogP contribution in [0.4, 0.5) is 11.4 Å². The van der Waals surface area contributed by atoms with Crippen LogP contribution in [0.3, 0.4) is 0 Å². The van der Waals surface area contributed by atoms with Crippen LogP contribution in [0.25, 0.3) is 0 Å². The molecule has 1 N–H and O–H groups in total. The van der Waals surface area contributed by atoms with Gasteiger partial charge in [-0.1, -0.05) is 18.2 Å². The maximum atomic E-state index is 12.8. The summed E-state index contributed by atoms with van der Waals surface area (Å²) >= 11 is 0. The van der Waals surface area contributed by atoms with Crippen LogP contribution >= 0.6 is 0 Å². The van der Waals surface area contributed by atoms with Gasteiger partial charge < -0.3 is 15.0 Å². The largest absolute Gasteiger partial charge is 0.497 e. The van der Waals surface area contributed by atoms with Gasteiger partial charge in [0.25, 0.3) is 0 Å². The third-order valence-electron chi connectivity index (χ3n) is 5.51. The maximum absolute atomic E-state index is 12.8. The number of hydrogen-bond acceptors (Lipinski definition) is 3. The highest BCUT2D eigenvalue weighted by Crippen LogP contribution is 2.31. The van der Waals surface area contributed by atoms with Gasteiger partial charge >= 0.3 is 0 Å². The predicted molar refractivity (Wildman–Crippen MR) is 105 cm³/mol. The number of hydrogen-bond donors (Lipinski definition) is 1. The fraction of sp³-hybridized carbons (Fsp3) is 0.364. The van der Waals surface area contributed by atoms with Crippen LogP contribution in [0.15, 0.2) is 42.5 Å². The number of anilines is 2. The summed E-state index contributed by atoms with van der Waals surface area (Å²) in [5.74, 6) is 0.249. The number of fused-ring (bicyclic) bond motifs is 1. The van der Waals surface area contributed by atoms with Gasteiger partial charge in [-0.3, -0.25) is 9.59 Å². The second kappa shape index (κ2) is 7.43. The maximum Gasteiger partial charge on any atom is 0.229 e. The minimum absolute atomic E-state index is 0.0292. The van der Waals surface area contributed by atoms with Crippen molar-refractivity contribution in [2.75, 3.05) is 23.9 Å². The highest BCUT2D eigenvalue weighted by Gasteiger charge is 2.35. The summed E-state index contributed by atoms with van der Waals surface area (Å²) in [5, 5.41) is 3.08. The first-order valence-corrected chi connectivity index (χ1v) is 9.52. The number of benzene rings is 2. The average molecular weight is 364 g/mol. The fourth-order valence-electron chi connectivity index (χ4n) is 4.04. The van der Waals surface area contributed by atoms with E-state index in [0.29, 0.717) is 12.3 Å². The van der Waals surface area contributed by atoms with Crippen LogP contribution < -0.4 is 15.0 Å². The topological polar surface area (TPSA) is 58.6 Å². The molecular weight excluding hydrogens is 340 g/mol. The van der Waals surface area contributed by atoms with Gasteiger partial charge in [0.15, 0.2) is 0 Å². The van der Waals surface area contributed by atoms with Crippen molar-refractivity contribution in [3.63, 3.8) is 0 Å². The SMILES string of the molecule is COc1cccc(N2C[C@@H](C(=O)Nc3cccc4c3CCCC4)CC2=O)c1. The molecule has 1 fully saturated rings. The average Bonchev–Trinajstić information content (AvgIpc) is 3.10. The molecule has 5 nitrogen and oxygen atoms in total. The molecule has 1 heterocycles. The van der Waals surface area contributed by atoms with Crippen molar-refractivity contribution in [3.8, 4) is 5.75 Å². The van der Waals surface area contributed by atoms with E-state index in [2.05, 4.69) is 11.4 Å². The smallest absolute Gasteiger partial charge is 0.229 e. The summed E-state index contributed by atoms with van der Waals surface area (Å²) in [6, 6.07) is 13.5. The molecule has 1 atom stereocenters. The molecule has 2 aliphatic rings. The lowest BCUT2D eigenvalue weighted by Crippen LogP contribution is -2.28. The number of carbonyl (C=O) groups excluding carboxylic acids is 2. The van der Waals surface area contributed by atoms with Crippen LogP contribution in [0, 0.1) is 5.92 Å². The van der Waals surface area contributed by atoms with E-state index in [1.807, 2.05) is 36.4 Å². The summed E-state index contributed by atoms with van der Waals surface area (Å²) < 4.78 is 5.24. The summed E-state index contributed by atoms with van der Waals surface area (Å²) in [7, 11) is 1.60. The van der Waals surface area contributed by atoms with E-state index < -0.39 is 0 Å². The van der Waals surface area contributed by atoms with Gasteiger partial charge in [-0.15, -0.1) is 0 Å². The normalized spacial score (nSPS) is 18.9. The number of amides is 2. The fourth-order valence-corrected chi connectivity index (χ4v) is 4.04. The molecule has 4 rings (SSSR count). The lowest BCUT2D eigenvalue weighted by Gasteiger charge is -2.21. The molecule has 1 aliphatic heterocycles. The Balaban J connectivity index is 1.48. The molecule has 5 heteroatoms. The van der Waals surface area contributed by atoms with E-state index in [9.17, 15) is 9.59 Å². The van der Waals surface area contributed by atoms with Crippen LogP contribution in [-0.2, 0) is 22.4 Å². The van der Waals surface area contributed by atoms with Crippen molar-refractivity contribution in [3.05, 3.63) is 53.6 Å². The van der Waals surface area contributed by atoms with Gasteiger partial charge in [-0.2, -0.15) is 0 Å². The molecule has 27 heavy (non-hydrogen) atoms. The highest BCUT2D eigenvalue weighted by atomic mass is 16.5. The Morgan fingerprint density at radius 3 is 2.81 bits per heavy atom. The standard InChI is InChI=1S/C22H24N2O3/c1-27-18-9-5-8-17(13-18)24-14-16(12-21(24)25)22(26)23-20-11-4-7-15-6-2-3-10-19(15)20/h4-5,7-9,11,13,16H,2-3,6,10,12,14H2,1H3,(H,23,26)/t16-/m0/s1. The zero-order valence-corrected chi connectivity index (χ0v) is 15.5. The van der Waals surface area contributed by atoms with Crippen molar-refractivity contribution in [2.24, 2.45) is 5.92 Å². The Morgan fingerprint density at radius 1 is 1.15 bits per heavy atom. The lowest BCUT2D eigenvalue weighted by molar-refractivity contribution is -0.122. The zero-order chi connectivity index (χ0) is 18.8. The molecule has 0 bridgehead atoms. The van der Waals surface area contributed by atoms with Crippen LogP contribution in [0.2, 0.25) is 0 Å². The highest BCUT2D eigenvalue weighted by molar-refractivity contribution is 6.03. The monoisotopic (exact) mass is 364 g/mol. The van der Waals surface area contributed by atoms with Crippen molar-refractivity contribution < 1.29 is 14.3 Å². The quantitative estimate of drug-likeness (QED) is 0.902. The molecule has 1 saturated heterocycles. The molecule has 0 unspecified atom stereocenters. The van der Waals surface area contributed by atoms with Crippen molar-refractivity contribution in [2.45, 2.75) is 32.1 Å². The predicted octanol–water partition coefficient (Wildman–Crippen LogP) is 3.57. The van der Waals surface area contributed by atoms with Crippen molar-refractivity contribution >= 4 is 23.2 Å². The van der Waals surface area contributed by atoms with E-state index >= 15 is 0 Å². The number of methoxy groups -OCH3 is 1. The van der Waals surface area contributed by atoms with Crippen molar-refractivity contribution in [1.29, 1.82) is 0 Å². The van der Waals surface area contributed by atoms with E-state index in [-0.39, 0.29) is 24.2 Å².